The molecule has 16 heavy (non-hydrogen) atoms. The van der Waals surface area contributed by atoms with E-state index in [4.69, 9.17) is 5.11 Å². The van der Waals surface area contributed by atoms with Crippen LogP contribution < -0.4 is 5.32 Å². The van der Waals surface area contributed by atoms with Crippen LogP contribution in [-0.4, -0.2) is 27.5 Å². The molecular weight excluding hydrogens is 220 g/mol. The zero-order valence-electron chi connectivity index (χ0n) is 7.71. The van der Waals surface area contributed by atoms with Crippen molar-refractivity contribution in [3.63, 3.8) is 0 Å². The lowest BCUT2D eigenvalue weighted by molar-refractivity contribution is -0.384. The van der Waals surface area contributed by atoms with Crippen molar-refractivity contribution in [3.8, 4) is 5.75 Å². The summed E-state index contributed by atoms with van der Waals surface area (Å²) >= 11 is 0. The predicted octanol–water partition coefficient (Wildman–Crippen LogP) is 0.567. The van der Waals surface area contributed by atoms with Gasteiger partial charge in [0.15, 0.2) is 0 Å². The highest BCUT2D eigenvalue weighted by Gasteiger charge is 2.21. The van der Waals surface area contributed by atoms with Crippen LogP contribution in [0, 0.1) is 10.1 Å². The normalized spacial score (nSPS) is 9.50. The average molecular weight is 226 g/mol. The maximum absolute atomic E-state index is 10.6. The van der Waals surface area contributed by atoms with E-state index >= 15 is 0 Å². The van der Waals surface area contributed by atoms with Crippen LogP contribution in [0.1, 0.15) is 10.4 Å². The fourth-order valence-electron chi connectivity index (χ4n) is 1.08. The van der Waals surface area contributed by atoms with Crippen molar-refractivity contribution >= 4 is 23.8 Å². The molecule has 0 aliphatic rings. The lowest BCUT2D eigenvalue weighted by Crippen LogP contribution is -2.03. The van der Waals surface area contributed by atoms with Crippen molar-refractivity contribution in [2.45, 2.75) is 0 Å². The molecule has 0 radical (unpaired) electrons. The quantitative estimate of drug-likeness (QED) is 0.390. The predicted molar refractivity (Wildman–Crippen MR) is 51.4 cm³/mol. The van der Waals surface area contributed by atoms with Gasteiger partial charge in [0.1, 0.15) is 17.0 Å². The van der Waals surface area contributed by atoms with Gasteiger partial charge in [-0.2, -0.15) is 0 Å². The first-order valence-electron chi connectivity index (χ1n) is 3.92. The van der Waals surface area contributed by atoms with E-state index in [0.29, 0.717) is 6.07 Å². The highest BCUT2D eigenvalue weighted by Crippen LogP contribution is 2.31. The molecule has 0 unspecified atom stereocenters. The number of carboxylic acid groups (broad SMARTS) is 1. The van der Waals surface area contributed by atoms with E-state index < -0.39 is 27.9 Å². The van der Waals surface area contributed by atoms with E-state index in [9.17, 15) is 24.8 Å². The van der Waals surface area contributed by atoms with Gasteiger partial charge in [-0.3, -0.25) is 14.9 Å². The zero-order valence-corrected chi connectivity index (χ0v) is 7.71. The molecule has 1 aromatic rings. The van der Waals surface area contributed by atoms with Crippen LogP contribution in [0.15, 0.2) is 12.1 Å². The van der Waals surface area contributed by atoms with Crippen LogP contribution in [0.5, 0.6) is 5.75 Å². The number of nitro benzene ring substituents is 1. The number of carbonyl (C=O) groups is 2. The van der Waals surface area contributed by atoms with Gasteiger partial charge < -0.3 is 15.5 Å². The first-order chi connectivity index (χ1) is 7.47. The summed E-state index contributed by atoms with van der Waals surface area (Å²) in [6.07, 6.45) is 0.183. The maximum Gasteiger partial charge on any atom is 0.339 e. The minimum atomic E-state index is -1.50. The fourth-order valence-corrected chi connectivity index (χ4v) is 1.08. The molecule has 3 N–H and O–H groups in total. The van der Waals surface area contributed by atoms with E-state index in [-0.39, 0.29) is 12.1 Å². The van der Waals surface area contributed by atoms with Crippen LogP contribution in [0.4, 0.5) is 11.4 Å². The lowest BCUT2D eigenvalue weighted by Gasteiger charge is -2.04. The summed E-state index contributed by atoms with van der Waals surface area (Å²) in [5.41, 5.74) is -1.49. The van der Waals surface area contributed by atoms with Crippen molar-refractivity contribution in [1.29, 1.82) is 0 Å². The molecule has 0 fully saturated rings. The van der Waals surface area contributed by atoms with Crippen molar-refractivity contribution in [2.75, 3.05) is 5.32 Å². The molecule has 0 heterocycles. The Hall–Kier alpha value is -2.64. The average Bonchev–Trinajstić information content (AvgIpc) is 2.17. The number of anilines is 1. The minimum absolute atomic E-state index is 0.183. The van der Waals surface area contributed by atoms with Crippen LogP contribution in [0.3, 0.4) is 0 Å². The molecule has 0 atom stereocenters. The highest BCUT2D eigenvalue weighted by molar-refractivity contribution is 5.94. The third kappa shape index (κ3) is 2.05. The first-order valence-corrected chi connectivity index (χ1v) is 3.92. The maximum atomic E-state index is 10.6. The number of hydrogen-bond acceptors (Lipinski definition) is 5. The second kappa shape index (κ2) is 4.26. The Balaban J connectivity index is 3.42. The van der Waals surface area contributed by atoms with Gasteiger partial charge in [0.05, 0.1) is 4.92 Å². The van der Waals surface area contributed by atoms with Gasteiger partial charge in [-0.25, -0.2) is 4.79 Å². The van der Waals surface area contributed by atoms with E-state index in [1.807, 2.05) is 5.32 Å². The van der Waals surface area contributed by atoms with Crippen molar-refractivity contribution in [2.24, 2.45) is 0 Å². The SMILES string of the molecule is O=CNc1cc(O)c(C(=O)O)cc1[N+](=O)[O-]. The molecule has 0 bridgehead atoms. The number of carbonyl (C=O) groups excluding carboxylic acids is 1. The smallest absolute Gasteiger partial charge is 0.339 e. The Morgan fingerprint density at radius 1 is 1.50 bits per heavy atom. The number of phenols is 1. The summed E-state index contributed by atoms with van der Waals surface area (Å²) < 4.78 is 0. The number of aromatic hydroxyl groups is 1. The molecule has 0 spiro atoms. The van der Waals surface area contributed by atoms with E-state index in [1.54, 1.807) is 0 Å². The number of nitrogens with zero attached hydrogens (tertiary/aromatic N) is 1. The third-order valence-electron chi connectivity index (χ3n) is 1.76. The summed E-state index contributed by atoms with van der Waals surface area (Å²) in [5, 5.41) is 30.4. The summed E-state index contributed by atoms with van der Waals surface area (Å²) in [6, 6.07) is 1.47. The number of hydrogen-bond donors (Lipinski definition) is 3. The Kier molecular flexibility index (Phi) is 3.04. The van der Waals surface area contributed by atoms with Crippen molar-refractivity contribution < 1.29 is 24.7 Å². The molecular formula is C8H6N2O6. The highest BCUT2D eigenvalue weighted by atomic mass is 16.6. The van der Waals surface area contributed by atoms with Crippen LogP contribution in [0.2, 0.25) is 0 Å². The zero-order chi connectivity index (χ0) is 12.3. The molecule has 1 rings (SSSR count). The second-order valence-electron chi connectivity index (χ2n) is 2.71. The Labute approximate surface area is 88.3 Å². The number of amides is 1. The molecule has 8 nitrogen and oxygen atoms in total. The number of rotatable bonds is 4. The van der Waals surface area contributed by atoms with Gasteiger partial charge in [0.25, 0.3) is 5.69 Å². The third-order valence-corrected chi connectivity index (χ3v) is 1.76. The molecule has 0 saturated carbocycles. The summed E-state index contributed by atoms with van der Waals surface area (Å²) in [4.78, 5) is 30.4. The number of carboxylic acids is 1. The Bertz CT molecular complexity index is 470. The standard InChI is InChI=1S/C8H6N2O6/c11-3-9-5-2-7(12)4(8(13)14)1-6(5)10(15)16/h1-3,12H,(H,9,11)(H,13,14). The molecule has 1 aromatic carbocycles. The largest absolute Gasteiger partial charge is 0.507 e. The molecule has 8 heteroatoms. The number of nitro groups is 1. The van der Waals surface area contributed by atoms with Crippen LogP contribution in [-0.2, 0) is 4.79 Å². The minimum Gasteiger partial charge on any atom is -0.507 e. The summed E-state index contributed by atoms with van der Waals surface area (Å²) in [5.74, 6) is -2.17. The fraction of sp³-hybridized carbons (Fsp3) is 0. The van der Waals surface area contributed by atoms with E-state index in [2.05, 4.69) is 0 Å². The van der Waals surface area contributed by atoms with Crippen molar-refractivity contribution in [1.82, 2.24) is 0 Å². The van der Waals surface area contributed by atoms with Gasteiger partial charge in [0.2, 0.25) is 6.41 Å². The lowest BCUT2D eigenvalue weighted by atomic mass is 10.1. The van der Waals surface area contributed by atoms with Gasteiger partial charge in [-0.05, 0) is 0 Å². The number of benzene rings is 1. The molecule has 1 amide bonds. The van der Waals surface area contributed by atoms with Crippen LogP contribution in [0.25, 0.3) is 0 Å². The first kappa shape index (κ1) is 11.4. The monoisotopic (exact) mass is 226 g/mol. The van der Waals surface area contributed by atoms with Gasteiger partial charge in [-0.1, -0.05) is 0 Å². The van der Waals surface area contributed by atoms with Gasteiger partial charge in [0, 0.05) is 12.1 Å². The molecule has 84 valence electrons. The van der Waals surface area contributed by atoms with E-state index in [1.165, 1.54) is 0 Å². The van der Waals surface area contributed by atoms with E-state index in [0.717, 1.165) is 6.07 Å². The molecule has 0 aromatic heterocycles. The van der Waals surface area contributed by atoms with Crippen LogP contribution >= 0.6 is 0 Å². The molecule has 0 aliphatic carbocycles. The molecule has 0 aliphatic heterocycles. The number of nitrogens with one attached hydrogen (secondary N) is 1. The molecule has 0 saturated heterocycles. The van der Waals surface area contributed by atoms with Gasteiger partial charge >= 0.3 is 5.97 Å². The summed E-state index contributed by atoms with van der Waals surface area (Å²) in [7, 11) is 0. The summed E-state index contributed by atoms with van der Waals surface area (Å²) in [6.45, 7) is 0. The Morgan fingerprint density at radius 2 is 2.12 bits per heavy atom. The topological polar surface area (TPSA) is 130 Å². The Morgan fingerprint density at radius 3 is 2.56 bits per heavy atom. The van der Waals surface area contributed by atoms with Crippen molar-refractivity contribution in [3.05, 3.63) is 27.8 Å². The van der Waals surface area contributed by atoms with Gasteiger partial charge in [-0.15, -0.1) is 0 Å². The second-order valence-corrected chi connectivity index (χ2v) is 2.71. The number of aromatic carboxylic acids is 1.